The zero-order valence-electron chi connectivity index (χ0n) is 8.35. The van der Waals surface area contributed by atoms with Crippen molar-refractivity contribution in [3.05, 3.63) is 9.98 Å². The van der Waals surface area contributed by atoms with Crippen molar-refractivity contribution in [2.45, 2.75) is 19.3 Å². The van der Waals surface area contributed by atoms with Crippen LogP contribution in [-0.2, 0) is 9.59 Å². The predicted molar refractivity (Wildman–Crippen MR) is 63.1 cm³/mol. The number of rotatable bonds is 1. The molecule has 0 bridgehead atoms. The summed E-state index contributed by atoms with van der Waals surface area (Å²) in [7, 11) is 0. The molecule has 84 valence electrons. The van der Waals surface area contributed by atoms with E-state index < -0.39 is 0 Å². The monoisotopic (exact) mass is 300 g/mol. The lowest BCUT2D eigenvalue weighted by molar-refractivity contribution is -0.122. The summed E-state index contributed by atoms with van der Waals surface area (Å²) < 4.78 is 0.833. The minimum Gasteiger partial charge on any atom is -0.274 e. The van der Waals surface area contributed by atoms with Crippen LogP contribution >= 0.6 is 27.3 Å². The summed E-state index contributed by atoms with van der Waals surface area (Å²) in [5.74, 6) is -0.297. The molecule has 0 radical (unpaired) electrons. The Balaban J connectivity index is 1.98. The summed E-state index contributed by atoms with van der Waals surface area (Å²) in [4.78, 5) is 29.5. The lowest BCUT2D eigenvalue weighted by Crippen LogP contribution is -2.31. The van der Waals surface area contributed by atoms with Gasteiger partial charge < -0.3 is 0 Å². The standard InChI is InChI=1S/C10H9BrN2O2S/c11-7-4-12-10(16-7)13-8(14)5-2-1-3-6(5)9(13)15/h4-6H,1-3H2. The molecule has 1 saturated carbocycles. The quantitative estimate of drug-likeness (QED) is 0.747. The fourth-order valence-corrected chi connectivity index (χ4v) is 3.72. The van der Waals surface area contributed by atoms with Gasteiger partial charge >= 0.3 is 0 Å². The highest BCUT2D eigenvalue weighted by Gasteiger charge is 2.51. The lowest BCUT2D eigenvalue weighted by atomic mass is 10.00. The normalized spacial score (nSPS) is 28.9. The minimum absolute atomic E-state index is 0.0608. The van der Waals surface area contributed by atoms with Gasteiger partial charge in [0, 0.05) is 0 Å². The number of halogens is 1. The number of fused-ring (bicyclic) bond motifs is 1. The van der Waals surface area contributed by atoms with Gasteiger partial charge in [0.25, 0.3) is 0 Å². The maximum Gasteiger partial charge on any atom is 0.239 e. The molecular formula is C10H9BrN2O2S. The molecule has 2 amide bonds. The van der Waals surface area contributed by atoms with Crippen LogP contribution in [0.1, 0.15) is 19.3 Å². The van der Waals surface area contributed by atoms with Crippen LogP contribution in [0.3, 0.4) is 0 Å². The van der Waals surface area contributed by atoms with Gasteiger partial charge in [-0.1, -0.05) is 17.8 Å². The van der Waals surface area contributed by atoms with Crippen LogP contribution in [0.2, 0.25) is 0 Å². The molecule has 4 nitrogen and oxygen atoms in total. The second-order valence-electron chi connectivity index (χ2n) is 4.10. The number of nitrogens with zero attached hydrogens (tertiary/aromatic N) is 2. The van der Waals surface area contributed by atoms with Gasteiger partial charge in [-0.3, -0.25) is 9.59 Å². The highest BCUT2D eigenvalue weighted by Crippen LogP contribution is 2.42. The molecular weight excluding hydrogens is 292 g/mol. The lowest BCUT2D eigenvalue weighted by Gasteiger charge is -2.11. The van der Waals surface area contributed by atoms with Crippen LogP contribution in [0, 0.1) is 11.8 Å². The molecule has 0 N–H and O–H groups in total. The van der Waals surface area contributed by atoms with Crippen LogP contribution in [-0.4, -0.2) is 16.8 Å². The molecule has 2 heterocycles. The zero-order valence-corrected chi connectivity index (χ0v) is 10.8. The maximum atomic E-state index is 12.1. The Hall–Kier alpha value is -0.750. The number of thiazole rings is 1. The van der Waals surface area contributed by atoms with Gasteiger partial charge in [-0.25, -0.2) is 9.88 Å². The Morgan fingerprint density at radius 2 is 1.94 bits per heavy atom. The molecule has 0 aromatic carbocycles. The highest BCUT2D eigenvalue weighted by atomic mass is 79.9. The first-order valence-electron chi connectivity index (χ1n) is 5.17. The van der Waals surface area contributed by atoms with Crippen molar-refractivity contribution in [1.82, 2.24) is 4.98 Å². The molecule has 2 aliphatic rings. The first-order valence-corrected chi connectivity index (χ1v) is 6.78. The number of hydrogen-bond acceptors (Lipinski definition) is 4. The summed E-state index contributed by atoms with van der Waals surface area (Å²) >= 11 is 4.61. The van der Waals surface area contributed by atoms with E-state index in [1.165, 1.54) is 16.2 Å². The first-order chi connectivity index (χ1) is 7.68. The topological polar surface area (TPSA) is 50.3 Å². The van der Waals surface area contributed by atoms with Gasteiger partial charge in [0.2, 0.25) is 11.8 Å². The van der Waals surface area contributed by atoms with Crippen LogP contribution in [0.15, 0.2) is 9.98 Å². The van der Waals surface area contributed by atoms with E-state index in [1.54, 1.807) is 6.20 Å². The Morgan fingerprint density at radius 3 is 2.44 bits per heavy atom. The fourth-order valence-electron chi connectivity index (χ4n) is 2.53. The Bertz CT molecular complexity index is 451. The summed E-state index contributed by atoms with van der Waals surface area (Å²) in [5.41, 5.74) is 0. The molecule has 1 saturated heterocycles. The Labute approximate surface area is 105 Å². The third kappa shape index (κ3) is 1.36. The number of carbonyl (C=O) groups excluding carboxylic acids is 2. The molecule has 6 heteroatoms. The highest BCUT2D eigenvalue weighted by molar-refractivity contribution is 9.11. The number of amides is 2. The first kappa shape index (κ1) is 10.4. The molecule has 2 fully saturated rings. The Morgan fingerprint density at radius 1 is 1.31 bits per heavy atom. The number of anilines is 1. The van der Waals surface area contributed by atoms with E-state index in [2.05, 4.69) is 20.9 Å². The van der Waals surface area contributed by atoms with E-state index in [0.29, 0.717) is 5.13 Å². The van der Waals surface area contributed by atoms with Crippen molar-refractivity contribution in [1.29, 1.82) is 0 Å². The molecule has 2 unspecified atom stereocenters. The second-order valence-corrected chi connectivity index (χ2v) is 6.49. The van der Waals surface area contributed by atoms with E-state index in [-0.39, 0.29) is 23.7 Å². The van der Waals surface area contributed by atoms with E-state index in [9.17, 15) is 9.59 Å². The molecule has 1 aliphatic carbocycles. The van der Waals surface area contributed by atoms with Crippen molar-refractivity contribution in [2.75, 3.05) is 4.90 Å². The predicted octanol–water partition coefficient (Wildman–Crippen LogP) is 2.20. The van der Waals surface area contributed by atoms with Crippen molar-refractivity contribution >= 4 is 44.2 Å². The van der Waals surface area contributed by atoms with E-state index in [0.717, 1.165) is 23.0 Å². The van der Waals surface area contributed by atoms with Crippen LogP contribution in [0.25, 0.3) is 0 Å². The van der Waals surface area contributed by atoms with Gasteiger partial charge in [-0.2, -0.15) is 0 Å². The van der Waals surface area contributed by atoms with Gasteiger partial charge in [0.1, 0.15) is 0 Å². The molecule has 1 aromatic heterocycles. The Kier molecular flexibility index (Phi) is 2.36. The molecule has 3 rings (SSSR count). The SMILES string of the molecule is O=C1C2CCCC2C(=O)N1c1ncc(Br)s1. The summed E-state index contributed by atoms with van der Waals surface area (Å²) in [6, 6.07) is 0. The van der Waals surface area contributed by atoms with Gasteiger partial charge in [0.15, 0.2) is 5.13 Å². The van der Waals surface area contributed by atoms with Gasteiger partial charge in [-0.05, 0) is 28.8 Å². The summed E-state index contributed by atoms with van der Waals surface area (Å²) in [5, 5.41) is 0.497. The second kappa shape index (κ2) is 3.63. The van der Waals surface area contributed by atoms with Gasteiger partial charge in [0.05, 0.1) is 21.8 Å². The molecule has 2 atom stereocenters. The van der Waals surface area contributed by atoms with Crippen molar-refractivity contribution in [2.24, 2.45) is 11.8 Å². The molecule has 1 aliphatic heterocycles. The smallest absolute Gasteiger partial charge is 0.239 e. The van der Waals surface area contributed by atoms with E-state index in [1.807, 2.05) is 0 Å². The largest absolute Gasteiger partial charge is 0.274 e. The minimum atomic E-state index is -0.0878. The maximum absolute atomic E-state index is 12.1. The van der Waals surface area contributed by atoms with Crippen LogP contribution in [0.4, 0.5) is 5.13 Å². The third-order valence-corrected chi connectivity index (χ3v) is 4.71. The van der Waals surface area contributed by atoms with E-state index >= 15 is 0 Å². The average molecular weight is 301 g/mol. The van der Waals surface area contributed by atoms with Crippen LogP contribution < -0.4 is 4.90 Å². The fraction of sp³-hybridized carbons (Fsp3) is 0.500. The van der Waals surface area contributed by atoms with Crippen LogP contribution in [0.5, 0.6) is 0 Å². The van der Waals surface area contributed by atoms with Crippen molar-refractivity contribution in [3.63, 3.8) is 0 Å². The third-order valence-electron chi connectivity index (χ3n) is 3.25. The number of imide groups is 1. The molecule has 1 aromatic rings. The number of hydrogen-bond donors (Lipinski definition) is 0. The van der Waals surface area contributed by atoms with Crippen molar-refractivity contribution in [3.8, 4) is 0 Å². The van der Waals surface area contributed by atoms with Gasteiger partial charge in [-0.15, -0.1) is 0 Å². The number of carbonyl (C=O) groups is 2. The molecule has 0 spiro atoms. The van der Waals surface area contributed by atoms with E-state index in [4.69, 9.17) is 0 Å². The molecule has 16 heavy (non-hydrogen) atoms. The average Bonchev–Trinajstić information content (AvgIpc) is 2.89. The summed E-state index contributed by atoms with van der Waals surface area (Å²) in [6.07, 6.45) is 4.30. The van der Waals surface area contributed by atoms with Crippen molar-refractivity contribution < 1.29 is 9.59 Å². The zero-order chi connectivity index (χ0) is 11.3. The summed E-state index contributed by atoms with van der Waals surface area (Å²) in [6.45, 7) is 0. The number of aromatic nitrogens is 1.